The predicted octanol–water partition coefficient (Wildman–Crippen LogP) is 4.64. The first kappa shape index (κ1) is 18.9. The number of nitrogens with one attached hydrogen (secondary N) is 1. The van der Waals surface area contributed by atoms with E-state index in [9.17, 15) is 0 Å². The molecule has 1 N–H and O–H groups in total. The molecule has 0 bridgehead atoms. The molecule has 0 heterocycles. The van der Waals surface area contributed by atoms with Crippen LogP contribution in [0.15, 0.2) is 29.5 Å². The summed E-state index contributed by atoms with van der Waals surface area (Å²) in [6.07, 6.45) is 8.07. The third-order valence-electron chi connectivity index (χ3n) is 4.66. The molecule has 3 heteroatoms. The molecule has 1 saturated carbocycles. The van der Waals surface area contributed by atoms with Crippen molar-refractivity contribution in [1.29, 1.82) is 0 Å². The van der Waals surface area contributed by atoms with E-state index in [0.717, 1.165) is 51.1 Å². The third kappa shape index (κ3) is 5.55. The molecule has 0 radical (unpaired) electrons. The van der Waals surface area contributed by atoms with E-state index < -0.39 is 0 Å². The lowest BCUT2D eigenvalue weighted by Crippen LogP contribution is -2.20. The molecule has 0 amide bonds. The van der Waals surface area contributed by atoms with Crippen molar-refractivity contribution in [1.82, 2.24) is 5.32 Å². The molecular weight excluding hydrogens is 298 g/mol. The van der Waals surface area contributed by atoms with Gasteiger partial charge in [-0.05, 0) is 68.3 Å². The van der Waals surface area contributed by atoms with Crippen molar-refractivity contribution < 1.29 is 9.47 Å². The first-order valence-corrected chi connectivity index (χ1v) is 9.48. The Kier molecular flexibility index (Phi) is 8.17. The molecule has 1 aromatic carbocycles. The van der Waals surface area contributed by atoms with Crippen molar-refractivity contribution in [2.45, 2.75) is 58.8 Å². The summed E-state index contributed by atoms with van der Waals surface area (Å²) >= 11 is 0. The molecule has 24 heavy (non-hydrogen) atoms. The molecule has 0 aliphatic heterocycles. The standard InChI is InChI=1S/C21H33NO2/c1-4-7-18-11-10-17(16-21(18)23-3)12-14-22-15-13-20(24-5-2)19-8-6-9-19/h10-11,16,22H,4-9,12-15H2,1-3H3. The summed E-state index contributed by atoms with van der Waals surface area (Å²) in [5.74, 6) is 2.27. The van der Waals surface area contributed by atoms with Gasteiger partial charge in [-0.3, -0.25) is 0 Å². The number of allylic oxidation sites excluding steroid dienone is 1. The van der Waals surface area contributed by atoms with Crippen LogP contribution in [0.4, 0.5) is 0 Å². The van der Waals surface area contributed by atoms with Crippen LogP contribution in [0.25, 0.3) is 0 Å². The SMILES string of the molecule is CCCc1ccc(CCNCCC(OCC)=C2CCC2)cc1OC. The van der Waals surface area contributed by atoms with Gasteiger partial charge in [-0.15, -0.1) is 0 Å². The maximum atomic E-state index is 5.80. The first-order chi connectivity index (χ1) is 11.8. The number of methoxy groups -OCH3 is 1. The molecule has 2 rings (SSSR count). The maximum absolute atomic E-state index is 5.80. The van der Waals surface area contributed by atoms with Crippen molar-refractivity contribution >= 4 is 0 Å². The summed E-state index contributed by atoms with van der Waals surface area (Å²) < 4.78 is 11.3. The molecule has 0 aromatic heterocycles. The van der Waals surface area contributed by atoms with E-state index in [1.807, 2.05) is 0 Å². The second-order valence-electron chi connectivity index (χ2n) is 6.46. The molecule has 3 nitrogen and oxygen atoms in total. The minimum Gasteiger partial charge on any atom is -0.498 e. The van der Waals surface area contributed by atoms with Crippen LogP contribution in [0.3, 0.4) is 0 Å². The number of hydrogen-bond acceptors (Lipinski definition) is 3. The van der Waals surface area contributed by atoms with Gasteiger partial charge in [-0.25, -0.2) is 0 Å². The Hall–Kier alpha value is -1.48. The van der Waals surface area contributed by atoms with Crippen LogP contribution >= 0.6 is 0 Å². The van der Waals surface area contributed by atoms with Crippen molar-refractivity contribution in [3.8, 4) is 5.75 Å². The van der Waals surface area contributed by atoms with Crippen LogP contribution in [0.5, 0.6) is 5.75 Å². The third-order valence-corrected chi connectivity index (χ3v) is 4.66. The Balaban J connectivity index is 1.74. The number of aryl methyl sites for hydroxylation is 1. The number of ether oxygens (including phenoxy) is 2. The highest BCUT2D eigenvalue weighted by molar-refractivity contribution is 5.37. The highest BCUT2D eigenvalue weighted by Crippen LogP contribution is 2.30. The van der Waals surface area contributed by atoms with E-state index in [2.05, 4.69) is 37.4 Å². The largest absolute Gasteiger partial charge is 0.498 e. The fraction of sp³-hybridized carbons (Fsp3) is 0.619. The summed E-state index contributed by atoms with van der Waals surface area (Å²) in [6, 6.07) is 6.64. The molecule has 1 aromatic rings. The Morgan fingerprint density at radius 2 is 1.96 bits per heavy atom. The van der Waals surface area contributed by atoms with Crippen molar-refractivity contribution in [3.05, 3.63) is 40.7 Å². The summed E-state index contributed by atoms with van der Waals surface area (Å²) in [5, 5.41) is 3.55. The minimum absolute atomic E-state index is 0.780. The zero-order valence-electron chi connectivity index (χ0n) is 15.6. The normalized spacial score (nSPS) is 13.5. The predicted molar refractivity (Wildman–Crippen MR) is 101 cm³/mol. The smallest absolute Gasteiger partial charge is 0.122 e. The topological polar surface area (TPSA) is 30.5 Å². The van der Waals surface area contributed by atoms with Crippen molar-refractivity contribution in [2.75, 3.05) is 26.8 Å². The van der Waals surface area contributed by atoms with Crippen molar-refractivity contribution in [3.63, 3.8) is 0 Å². The van der Waals surface area contributed by atoms with Crippen LogP contribution in [0, 0.1) is 0 Å². The fourth-order valence-electron chi connectivity index (χ4n) is 3.14. The van der Waals surface area contributed by atoms with Gasteiger partial charge in [0, 0.05) is 13.0 Å². The fourth-order valence-corrected chi connectivity index (χ4v) is 3.14. The lowest BCUT2D eigenvalue weighted by molar-refractivity contribution is 0.208. The molecule has 0 spiro atoms. The highest BCUT2D eigenvalue weighted by atomic mass is 16.5. The second kappa shape index (κ2) is 10.4. The number of benzene rings is 1. The van der Waals surface area contributed by atoms with Crippen LogP contribution in [0.1, 0.15) is 57.1 Å². The zero-order chi connectivity index (χ0) is 17.2. The quantitative estimate of drug-likeness (QED) is 0.473. The van der Waals surface area contributed by atoms with Gasteiger partial charge in [0.25, 0.3) is 0 Å². The van der Waals surface area contributed by atoms with E-state index in [1.165, 1.54) is 41.7 Å². The molecule has 134 valence electrons. The van der Waals surface area contributed by atoms with Gasteiger partial charge in [0.05, 0.1) is 19.5 Å². The molecule has 0 atom stereocenters. The van der Waals surface area contributed by atoms with Gasteiger partial charge in [0.1, 0.15) is 5.75 Å². The zero-order valence-corrected chi connectivity index (χ0v) is 15.6. The highest BCUT2D eigenvalue weighted by Gasteiger charge is 2.15. The minimum atomic E-state index is 0.780. The molecule has 1 aliphatic rings. The maximum Gasteiger partial charge on any atom is 0.122 e. The van der Waals surface area contributed by atoms with Crippen molar-refractivity contribution in [2.24, 2.45) is 0 Å². The Bertz CT molecular complexity index is 531. The van der Waals surface area contributed by atoms with Gasteiger partial charge in [0.15, 0.2) is 0 Å². The monoisotopic (exact) mass is 331 g/mol. The van der Waals surface area contributed by atoms with Gasteiger partial charge in [0.2, 0.25) is 0 Å². The lowest BCUT2D eigenvalue weighted by atomic mass is 9.90. The van der Waals surface area contributed by atoms with Crippen LogP contribution in [-0.4, -0.2) is 26.8 Å². The van der Waals surface area contributed by atoms with Gasteiger partial charge >= 0.3 is 0 Å². The van der Waals surface area contributed by atoms with Crippen LogP contribution < -0.4 is 10.1 Å². The van der Waals surface area contributed by atoms with E-state index in [4.69, 9.17) is 9.47 Å². The number of hydrogen-bond donors (Lipinski definition) is 1. The molecule has 0 saturated heterocycles. The summed E-state index contributed by atoms with van der Waals surface area (Å²) in [5.41, 5.74) is 4.18. The number of rotatable bonds is 11. The van der Waals surface area contributed by atoms with Gasteiger partial charge in [-0.1, -0.05) is 25.5 Å². The average molecular weight is 332 g/mol. The van der Waals surface area contributed by atoms with Gasteiger partial charge < -0.3 is 14.8 Å². The molecule has 1 fully saturated rings. The molecule has 0 unspecified atom stereocenters. The summed E-state index contributed by atoms with van der Waals surface area (Å²) in [6.45, 7) is 7.03. The Morgan fingerprint density at radius 3 is 2.58 bits per heavy atom. The van der Waals surface area contributed by atoms with Crippen LogP contribution in [0.2, 0.25) is 0 Å². The Labute approximate surface area is 147 Å². The van der Waals surface area contributed by atoms with E-state index in [1.54, 1.807) is 7.11 Å². The van der Waals surface area contributed by atoms with E-state index in [-0.39, 0.29) is 0 Å². The Morgan fingerprint density at radius 1 is 1.12 bits per heavy atom. The van der Waals surface area contributed by atoms with Crippen LogP contribution in [-0.2, 0) is 17.6 Å². The summed E-state index contributed by atoms with van der Waals surface area (Å²) in [4.78, 5) is 0. The van der Waals surface area contributed by atoms with E-state index >= 15 is 0 Å². The van der Waals surface area contributed by atoms with E-state index in [0.29, 0.717) is 0 Å². The lowest BCUT2D eigenvalue weighted by Gasteiger charge is -2.22. The molecular formula is C21H33NO2. The second-order valence-corrected chi connectivity index (χ2v) is 6.46. The molecule has 1 aliphatic carbocycles. The average Bonchev–Trinajstić information content (AvgIpc) is 2.54. The first-order valence-electron chi connectivity index (χ1n) is 9.48. The van der Waals surface area contributed by atoms with Gasteiger partial charge in [-0.2, -0.15) is 0 Å². The summed E-state index contributed by atoms with van der Waals surface area (Å²) in [7, 11) is 1.76.